The van der Waals surface area contributed by atoms with Gasteiger partial charge in [0.05, 0.1) is 5.52 Å². The Labute approximate surface area is 164 Å². The summed E-state index contributed by atoms with van der Waals surface area (Å²) >= 11 is 1.74. The highest BCUT2D eigenvalue weighted by Gasteiger charge is 2.58. The summed E-state index contributed by atoms with van der Waals surface area (Å²) in [6, 6.07) is 6.40. The molecular weight excluding hydrogens is 356 g/mol. The van der Waals surface area contributed by atoms with Gasteiger partial charge in [0, 0.05) is 35.8 Å². The smallest absolute Gasteiger partial charge is 0.223 e. The predicted octanol–water partition coefficient (Wildman–Crippen LogP) is 3.48. The van der Waals surface area contributed by atoms with Crippen molar-refractivity contribution in [1.29, 1.82) is 0 Å². The van der Waals surface area contributed by atoms with E-state index in [1.54, 1.807) is 18.1 Å². The van der Waals surface area contributed by atoms with Gasteiger partial charge in [-0.25, -0.2) is 9.97 Å². The van der Waals surface area contributed by atoms with Crippen LogP contribution in [0, 0.1) is 17.3 Å². The third-order valence-corrected chi connectivity index (χ3v) is 7.37. The summed E-state index contributed by atoms with van der Waals surface area (Å²) in [6.07, 6.45) is 9.58. The first-order chi connectivity index (χ1) is 13.2. The van der Waals surface area contributed by atoms with Crippen LogP contribution in [0.4, 0.5) is 5.82 Å². The molecule has 1 unspecified atom stereocenters. The van der Waals surface area contributed by atoms with Crippen molar-refractivity contribution in [3.05, 3.63) is 24.5 Å². The van der Waals surface area contributed by atoms with E-state index in [-0.39, 0.29) is 11.3 Å². The van der Waals surface area contributed by atoms with Gasteiger partial charge in [0.1, 0.15) is 12.1 Å². The number of anilines is 1. The number of thioether (sulfide) groups is 1. The average Bonchev–Trinajstić information content (AvgIpc) is 3.63. The number of hydrogen-bond donors (Lipinski definition) is 1. The van der Waals surface area contributed by atoms with E-state index < -0.39 is 0 Å². The molecule has 142 valence electrons. The number of nitrogens with zero attached hydrogens (tertiary/aromatic N) is 3. The molecule has 5 rings (SSSR count). The number of piperidine rings is 1. The third kappa shape index (κ3) is 3.28. The molecule has 2 heterocycles. The van der Waals surface area contributed by atoms with Crippen LogP contribution in [0.2, 0.25) is 0 Å². The summed E-state index contributed by atoms with van der Waals surface area (Å²) in [5.41, 5.74) is 1.25. The second-order valence-electron chi connectivity index (χ2n) is 8.38. The summed E-state index contributed by atoms with van der Waals surface area (Å²) in [5.74, 6) is 2.33. The lowest BCUT2D eigenvalue weighted by molar-refractivity contribution is -0.123. The van der Waals surface area contributed by atoms with Crippen LogP contribution in [0.5, 0.6) is 0 Å². The van der Waals surface area contributed by atoms with Crippen molar-refractivity contribution >= 4 is 34.4 Å². The first-order valence-electron chi connectivity index (χ1n) is 10.00. The Morgan fingerprint density at radius 3 is 2.85 bits per heavy atom. The minimum Gasteiger partial charge on any atom is -0.356 e. The fourth-order valence-corrected chi connectivity index (χ4v) is 4.97. The van der Waals surface area contributed by atoms with Gasteiger partial charge in [-0.05, 0) is 67.9 Å². The second kappa shape index (κ2) is 6.66. The molecule has 2 aliphatic carbocycles. The molecule has 1 atom stereocenters. The number of carbonyl (C=O) groups is 1. The summed E-state index contributed by atoms with van der Waals surface area (Å²) in [5, 5.41) is 4.32. The monoisotopic (exact) mass is 382 g/mol. The van der Waals surface area contributed by atoms with Gasteiger partial charge in [-0.1, -0.05) is 0 Å². The number of fused-ring (bicyclic) bond motifs is 1. The third-order valence-electron chi connectivity index (χ3n) is 6.65. The van der Waals surface area contributed by atoms with Crippen molar-refractivity contribution < 1.29 is 4.79 Å². The first kappa shape index (κ1) is 17.3. The van der Waals surface area contributed by atoms with Gasteiger partial charge in [-0.3, -0.25) is 4.79 Å². The van der Waals surface area contributed by atoms with Crippen LogP contribution in [0.15, 0.2) is 29.4 Å². The van der Waals surface area contributed by atoms with Crippen LogP contribution >= 0.6 is 11.8 Å². The van der Waals surface area contributed by atoms with Gasteiger partial charge >= 0.3 is 0 Å². The molecule has 1 amide bonds. The SMILES string of the molecule is CSc1ccc2ncnc(N3CCC4(CC3)CC4C(=O)NCC3CC3)c2c1. The number of benzene rings is 1. The molecule has 27 heavy (non-hydrogen) atoms. The van der Waals surface area contributed by atoms with Gasteiger partial charge in [-0.2, -0.15) is 0 Å². The van der Waals surface area contributed by atoms with Gasteiger partial charge < -0.3 is 10.2 Å². The Kier molecular flexibility index (Phi) is 4.26. The standard InChI is InChI=1S/C21H26N4OS/c1-27-15-4-5-18-16(10-15)19(24-13-23-18)25-8-6-21(7-9-25)11-17(21)20(26)22-12-14-2-3-14/h4-5,10,13-14,17H,2-3,6-9,11-12H2,1H3,(H,22,26). The van der Waals surface area contributed by atoms with Gasteiger partial charge in [0.15, 0.2) is 0 Å². The van der Waals surface area contributed by atoms with Crippen molar-refractivity contribution in [2.24, 2.45) is 17.3 Å². The van der Waals surface area contributed by atoms with Gasteiger partial charge in [-0.15, -0.1) is 11.8 Å². The fraction of sp³-hybridized carbons (Fsp3) is 0.571. The summed E-state index contributed by atoms with van der Waals surface area (Å²) in [4.78, 5) is 25.1. The Bertz CT molecular complexity index is 874. The average molecular weight is 383 g/mol. The summed E-state index contributed by atoms with van der Waals surface area (Å²) in [7, 11) is 0. The van der Waals surface area contributed by atoms with Gasteiger partial charge in [0.25, 0.3) is 0 Å². The van der Waals surface area contributed by atoms with Crippen LogP contribution in [0.3, 0.4) is 0 Å². The van der Waals surface area contributed by atoms with Crippen LogP contribution < -0.4 is 10.2 Å². The Hall–Kier alpha value is -1.82. The lowest BCUT2D eigenvalue weighted by atomic mass is 9.90. The summed E-state index contributed by atoms with van der Waals surface area (Å²) in [6.45, 7) is 2.84. The second-order valence-corrected chi connectivity index (χ2v) is 9.25. The molecule has 3 fully saturated rings. The van der Waals surface area contributed by atoms with Crippen LogP contribution in [0.1, 0.15) is 32.1 Å². The van der Waals surface area contributed by atoms with E-state index >= 15 is 0 Å². The number of hydrogen-bond acceptors (Lipinski definition) is 5. The van der Waals surface area contributed by atoms with E-state index in [0.717, 1.165) is 61.5 Å². The van der Waals surface area contributed by atoms with E-state index in [1.165, 1.54) is 17.7 Å². The Morgan fingerprint density at radius 2 is 2.11 bits per heavy atom. The molecule has 3 aliphatic rings. The largest absolute Gasteiger partial charge is 0.356 e. The van der Waals surface area contributed by atoms with Crippen molar-refractivity contribution in [2.75, 3.05) is 30.8 Å². The molecule has 1 aromatic carbocycles. The highest BCUT2D eigenvalue weighted by atomic mass is 32.2. The maximum absolute atomic E-state index is 12.5. The van der Waals surface area contributed by atoms with Crippen molar-refractivity contribution in [3.8, 4) is 0 Å². The molecule has 1 aromatic heterocycles. The number of aromatic nitrogens is 2. The quantitative estimate of drug-likeness (QED) is 0.802. The maximum atomic E-state index is 12.5. The lowest BCUT2D eigenvalue weighted by Crippen LogP contribution is -2.38. The van der Waals surface area contributed by atoms with Crippen molar-refractivity contribution in [3.63, 3.8) is 0 Å². The van der Waals surface area contributed by atoms with Crippen molar-refractivity contribution in [2.45, 2.75) is 37.0 Å². The van der Waals surface area contributed by atoms with Crippen LogP contribution in [-0.2, 0) is 4.79 Å². The molecule has 2 saturated carbocycles. The summed E-state index contributed by atoms with van der Waals surface area (Å²) < 4.78 is 0. The molecule has 6 heteroatoms. The maximum Gasteiger partial charge on any atom is 0.223 e. The zero-order valence-corrected chi connectivity index (χ0v) is 16.6. The van der Waals surface area contributed by atoms with E-state index in [1.807, 2.05) is 0 Å². The predicted molar refractivity (Wildman–Crippen MR) is 109 cm³/mol. The highest BCUT2D eigenvalue weighted by molar-refractivity contribution is 7.98. The van der Waals surface area contributed by atoms with Crippen LogP contribution in [-0.4, -0.2) is 41.8 Å². The molecule has 0 radical (unpaired) electrons. The van der Waals surface area contributed by atoms with E-state index in [9.17, 15) is 4.79 Å². The molecule has 2 aromatic rings. The molecule has 1 aliphatic heterocycles. The molecule has 1 saturated heterocycles. The van der Waals surface area contributed by atoms with Crippen molar-refractivity contribution in [1.82, 2.24) is 15.3 Å². The number of rotatable bonds is 5. The lowest BCUT2D eigenvalue weighted by Gasteiger charge is -2.34. The Morgan fingerprint density at radius 1 is 1.30 bits per heavy atom. The first-order valence-corrected chi connectivity index (χ1v) is 11.2. The number of carbonyl (C=O) groups excluding carboxylic acids is 1. The molecule has 0 bridgehead atoms. The fourth-order valence-electron chi connectivity index (χ4n) is 4.53. The molecule has 5 nitrogen and oxygen atoms in total. The molecule has 1 N–H and O–H groups in total. The minimum atomic E-state index is 0.239. The van der Waals surface area contributed by atoms with Crippen LogP contribution in [0.25, 0.3) is 10.9 Å². The highest BCUT2D eigenvalue weighted by Crippen LogP contribution is 2.59. The minimum absolute atomic E-state index is 0.239. The molecule has 1 spiro atoms. The topological polar surface area (TPSA) is 58.1 Å². The number of nitrogens with one attached hydrogen (secondary N) is 1. The zero-order valence-electron chi connectivity index (χ0n) is 15.8. The van der Waals surface area contributed by atoms with E-state index in [4.69, 9.17) is 0 Å². The zero-order chi connectivity index (χ0) is 18.4. The van der Waals surface area contributed by atoms with E-state index in [0.29, 0.717) is 5.91 Å². The Balaban J connectivity index is 1.27. The van der Waals surface area contributed by atoms with E-state index in [2.05, 4.69) is 44.6 Å². The molecular formula is C21H26N4OS. The number of amides is 1. The van der Waals surface area contributed by atoms with Gasteiger partial charge in [0.2, 0.25) is 5.91 Å². The normalized spacial score (nSPS) is 23.6.